The van der Waals surface area contributed by atoms with Crippen molar-refractivity contribution >= 4 is 27.7 Å². The highest BCUT2D eigenvalue weighted by atomic mass is 79.9. The first kappa shape index (κ1) is 17.0. The number of carbonyl (C=O) groups is 1. The number of nitrogens with zero attached hydrogens (tertiary/aromatic N) is 1. The van der Waals surface area contributed by atoms with Gasteiger partial charge in [-0.25, -0.2) is 4.98 Å². The maximum Gasteiger partial charge on any atom is 0.255 e. The SMILES string of the molecule is CCNc1ncc(Br)cc1C(=O)NC(CC)(CC)CC. The molecule has 0 radical (unpaired) electrons. The monoisotopic (exact) mass is 341 g/mol. The van der Waals surface area contributed by atoms with Crippen LogP contribution in [0.25, 0.3) is 0 Å². The van der Waals surface area contributed by atoms with E-state index in [0.29, 0.717) is 11.4 Å². The molecule has 0 atom stereocenters. The third kappa shape index (κ3) is 3.95. The van der Waals surface area contributed by atoms with Crippen LogP contribution in [0.2, 0.25) is 0 Å². The van der Waals surface area contributed by atoms with Crippen molar-refractivity contribution in [1.82, 2.24) is 10.3 Å². The largest absolute Gasteiger partial charge is 0.370 e. The van der Waals surface area contributed by atoms with Crippen molar-refractivity contribution in [3.05, 3.63) is 22.3 Å². The molecule has 1 rings (SSSR count). The predicted octanol–water partition coefficient (Wildman–Crippen LogP) is 3.97. The van der Waals surface area contributed by atoms with Gasteiger partial charge in [-0.1, -0.05) is 20.8 Å². The molecule has 0 aliphatic carbocycles. The summed E-state index contributed by atoms with van der Waals surface area (Å²) in [7, 11) is 0. The summed E-state index contributed by atoms with van der Waals surface area (Å²) in [5.74, 6) is 0.561. The number of halogens is 1. The topological polar surface area (TPSA) is 54.0 Å². The first-order chi connectivity index (χ1) is 9.51. The molecule has 4 nitrogen and oxygen atoms in total. The molecule has 0 unspecified atom stereocenters. The van der Waals surface area contributed by atoms with Gasteiger partial charge in [-0.05, 0) is 48.2 Å². The maximum atomic E-state index is 12.6. The number of carbonyl (C=O) groups excluding carboxylic acids is 1. The van der Waals surface area contributed by atoms with E-state index in [4.69, 9.17) is 0 Å². The molecule has 0 aliphatic heterocycles. The molecule has 0 aromatic carbocycles. The lowest BCUT2D eigenvalue weighted by Gasteiger charge is -2.32. The molecule has 0 aliphatic rings. The zero-order valence-electron chi connectivity index (χ0n) is 12.7. The lowest BCUT2D eigenvalue weighted by molar-refractivity contribution is 0.0888. The Balaban J connectivity index is 3.04. The molecule has 0 bridgehead atoms. The Morgan fingerprint density at radius 1 is 1.25 bits per heavy atom. The van der Waals surface area contributed by atoms with Crippen molar-refractivity contribution in [1.29, 1.82) is 0 Å². The van der Waals surface area contributed by atoms with Crippen molar-refractivity contribution in [2.24, 2.45) is 0 Å². The quantitative estimate of drug-likeness (QED) is 0.788. The van der Waals surface area contributed by atoms with Gasteiger partial charge in [-0.2, -0.15) is 0 Å². The van der Waals surface area contributed by atoms with E-state index in [2.05, 4.69) is 52.3 Å². The summed E-state index contributed by atoms with van der Waals surface area (Å²) in [5.41, 5.74) is 0.448. The van der Waals surface area contributed by atoms with Crippen LogP contribution in [0.3, 0.4) is 0 Å². The molecule has 1 aromatic rings. The Bertz CT molecular complexity index is 450. The molecule has 2 N–H and O–H groups in total. The van der Waals surface area contributed by atoms with E-state index >= 15 is 0 Å². The van der Waals surface area contributed by atoms with Gasteiger partial charge in [-0.15, -0.1) is 0 Å². The zero-order chi connectivity index (χ0) is 15.2. The van der Waals surface area contributed by atoms with E-state index in [1.54, 1.807) is 6.20 Å². The van der Waals surface area contributed by atoms with Crippen molar-refractivity contribution in [3.63, 3.8) is 0 Å². The number of amides is 1. The number of pyridine rings is 1. The summed E-state index contributed by atoms with van der Waals surface area (Å²) in [6, 6.07) is 1.81. The Morgan fingerprint density at radius 2 is 1.85 bits per heavy atom. The number of hydrogen-bond donors (Lipinski definition) is 2. The van der Waals surface area contributed by atoms with E-state index in [1.165, 1.54) is 0 Å². The minimum absolute atomic E-state index is 0.0692. The van der Waals surface area contributed by atoms with Crippen LogP contribution in [-0.2, 0) is 0 Å². The Labute approximate surface area is 129 Å². The number of aromatic nitrogens is 1. The molecule has 0 spiro atoms. The first-order valence-corrected chi connectivity index (χ1v) is 8.03. The van der Waals surface area contributed by atoms with Gasteiger partial charge in [0.2, 0.25) is 0 Å². The molecule has 0 saturated carbocycles. The molecule has 0 fully saturated rings. The van der Waals surface area contributed by atoms with Crippen LogP contribution in [-0.4, -0.2) is 23.0 Å². The summed E-state index contributed by atoms with van der Waals surface area (Å²) in [6.07, 6.45) is 4.46. The van der Waals surface area contributed by atoms with E-state index < -0.39 is 0 Å². The van der Waals surface area contributed by atoms with E-state index in [9.17, 15) is 4.79 Å². The number of rotatable bonds is 7. The van der Waals surface area contributed by atoms with Gasteiger partial charge in [0.1, 0.15) is 5.82 Å². The van der Waals surface area contributed by atoms with Crippen LogP contribution in [0.15, 0.2) is 16.7 Å². The fourth-order valence-corrected chi connectivity index (χ4v) is 2.58. The molecule has 20 heavy (non-hydrogen) atoms. The lowest BCUT2D eigenvalue weighted by Crippen LogP contribution is -2.47. The fraction of sp³-hybridized carbons (Fsp3) is 0.600. The summed E-state index contributed by atoms with van der Waals surface area (Å²) in [5, 5.41) is 6.31. The molecule has 0 saturated heterocycles. The van der Waals surface area contributed by atoms with Crippen LogP contribution < -0.4 is 10.6 Å². The highest BCUT2D eigenvalue weighted by molar-refractivity contribution is 9.10. The number of nitrogens with one attached hydrogen (secondary N) is 2. The summed E-state index contributed by atoms with van der Waals surface area (Å²) in [6.45, 7) is 9.04. The molecule has 1 heterocycles. The van der Waals surface area contributed by atoms with Gasteiger partial charge >= 0.3 is 0 Å². The van der Waals surface area contributed by atoms with E-state index in [-0.39, 0.29) is 11.4 Å². The zero-order valence-corrected chi connectivity index (χ0v) is 14.3. The third-order valence-corrected chi connectivity index (χ3v) is 4.29. The van der Waals surface area contributed by atoms with Crippen LogP contribution in [0.5, 0.6) is 0 Å². The second-order valence-corrected chi connectivity index (χ2v) is 5.79. The highest BCUT2D eigenvalue weighted by Crippen LogP contribution is 2.23. The fourth-order valence-electron chi connectivity index (χ4n) is 2.24. The van der Waals surface area contributed by atoms with Crippen LogP contribution in [0.4, 0.5) is 5.82 Å². The van der Waals surface area contributed by atoms with Gasteiger partial charge in [0.15, 0.2) is 0 Å². The number of hydrogen-bond acceptors (Lipinski definition) is 3. The van der Waals surface area contributed by atoms with Gasteiger partial charge in [-0.3, -0.25) is 4.79 Å². The van der Waals surface area contributed by atoms with Gasteiger partial charge < -0.3 is 10.6 Å². The third-order valence-electron chi connectivity index (χ3n) is 3.85. The van der Waals surface area contributed by atoms with Crippen LogP contribution in [0, 0.1) is 0 Å². The Hall–Kier alpha value is -1.10. The van der Waals surface area contributed by atoms with Crippen molar-refractivity contribution in [2.45, 2.75) is 52.5 Å². The second kappa shape index (κ2) is 7.62. The number of anilines is 1. The molecule has 1 amide bonds. The van der Waals surface area contributed by atoms with Gasteiger partial charge in [0, 0.05) is 22.8 Å². The Morgan fingerprint density at radius 3 is 2.35 bits per heavy atom. The normalized spacial score (nSPS) is 11.2. The standard InChI is InChI=1S/C15H24BrN3O/c1-5-15(6-2,7-3)19-14(20)12-9-11(16)10-18-13(12)17-8-4/h9-10H,5-8H2,1-4H3,(H,17,18)(H,19,20). The molecule has 5 heteroatoms. The molecular weight excluding hydrogens is 318 g/mol. The molecule has 112 valence electrons. The molecule has 1 aromatic heterocycles. The Kier molecular flexibility index (Phi) is 6.46. The average Bonchev–Trinajstić information content (AvgIpc) is 2.47. The van der Waals surface area contributed by atoms with Gasteiger partial charge in [0.05, 0.1) is 5.56 Å². The predicted molar refractivity (Wildman–Crippen MR) is 87.2 cm³/mol. The van der Waals surface area contributed by atoms with E-state index in [1.807, 2.05) is 13.0 Å². The average molecular weight is 342 g/mol. The summed E-state index contributed by atoms with van der Waals surface area (Å²) >= 11 is 3.38. The van der Waals surface area contributed by atoms with Gasteiger partial charge in [0.25, 0.3) is 5.91 Å². The van der Waals surface area contributed by atoms with Crippen molar-refractivity contribution in [2.75, 3.05) is 11.9 Å². The van der Waals surface area contributed by atoms with Crippen molar-refractivity contribution < 1.29 is 4.79 Å². The first-order valence-electron chi connectivity index (χ1n) is 7.23. The van der Waals surface area contributed by atoms with Crippen molar-refractivity contribution in [3.8, 4) is 0 Å². The lowest BCUT2D eigenvalue weighted by atomic mass is 9.89. The maximum absolute atomic E-state index is 12.6. The van der Waals surface area contributed by atoms with E-state index in [0.717, 1.165) is 30.3 Å². The minimum Gasteiger partial charge on any atom is -0.370 e. The summed E-state index contributed by atoms with van der Waals surface area (Å²) in [4.78, 5) is 16.9. The summed E-state index contributed by atoms with van der Waals surface area (Å²) < 4.78 is 0.805. The van der Waals surface area contributed by atoms with Crippen LogP contribution in [0.1, 0.15) is 57.3 Å². The van der Waals surface area contributed by atoms with Crippen LogP contribution >= 0.6 is 15.9 Å². The molecular formula is C15H24BrN3O. The highest BCUT2D eigenvalue weighted by Gasteiger charge is 2.27. The smallest absolute Gasteiger partial charge is 0.255 e. The minimum atomic E-state index is -0.136. The second-order valence-electron chi connectivity index (χ2n) is 4.88.